The van der Waals surface area contributed by atoms with E-state index in [-0.39, 0.29) is 17.9 Å². The Labute approximate surface area is 113 Å². The van der Waals surface area contributed by atoms with Gasteiger partial charge in [0.25, 0.3) is 0 Å². The molecule has 1 aromatic heterocycles. The second-order valence-corrected chi connectivity index (χ2v) is 5.50. The third-order valence-electron chi connectivity index (χ3n) is 4.05. The highest BCUT2D eigenvalue weighted by Crippen LogP contribution is 2.19. The van der Waals surface area contributed by atoms with E-state index in [2.05, 4.69) is 25.4 Å². The lowest BCUT2D eigenvalue weighted by Gasteiger charge is -2.23. The highest BCUT2D eigenvalue weighted by Gasteiger charge is 2.26. The Bertz CT molecular complexity index is 464. The molecular formula is C13H21N5O. The number of aryl methyl sites for hydroxylation is 1. The Morgan fingerprint density at radius 1 is 1.47 bits per heavy atom. The molecule has 104 valence electrons. The number of nitrogens with one attached hydrogen (secondary N) is 2. The predicted octanol–water partition coefficient (Wildman–Crippen LogP) is 0.401. The maximum atomic E-state index is 12.2. The van der Waals surface area contributed by atoms with Gasteiger partial charge in [-0.1, -0.05) is 0 Å². The summed E-state index contributed by atoms with van der Waals surface area (Å²) in [5.41, 5.74) is 0. The molecule has 0 spiro atoms. The minimum absolute atomic E-state index is 0.0613. The fourth-order valence-corrected chi connectivity index (χ4v) is 2.96. The smallest absolute Gasteiger partial charge is 0.224 e. The van der Waals surface area contributed by atoms with Crippen LogP contribution in [0.15, 0.2) is 0 Å². The van der Waals surface area contributed by atoms with Crippen LogP contribution in [0.25, 0.3) is 0 Å². The van der Waals surface area contributed by atoms with Gasteiger partial charge in [0, 0.05) is 19.5 Å². The molecule has 1 fully saturated rings. The largest absolute Gasteiger partial charge is 0.346 e. The first-order valence-electron chi connectivity index (χ1n) is 7.19. The van der Waals surface area contributed by atoms with E-state index in [1.165, 1.54) is 0 Å². The van der Waals surface area contributed by atoms with E-state index in [0.717, 1.165) is 57.0 Å². The van der Waals surface area contributed by atoms with Crippen LogP contribution in [0.5, 0.6) is 0 Å². The van der Waals surface area contributed by atoms with Crippen molar-refractivity contribution in [2.75, 3.05) is 13.1 Å². The van der Waals surface area contributed by atoms with E-state index in [1.807, 2.05) is 6.92 Å². The minimum atomic E-state index is -0.0613. The van der Waals surface area contributed by atoms with Crippen molar-refractivity contribution in [3.63, 3.8) is 0 Å². The molecule has 0 radical (unpaired) electrons. The van der Waals surface area contributed by atoms with Crippen LogP contribution in [0, 0.1) is 5.92 Å². The highest BCUT2D eigenvalue weighted by atomic mass is 16.2. The molecule has 0 aromatic carbocycles. The summed E-state index contributed by atoms with van der Waals surface area (Å²) in [7, 11) is 0. The van der Waals surface area contributed by atoms with Crippen LogP contribution in [0.2, 0.25) is 0 Å². The molecule has 1 amide bonds. The molecule has 19 heavy (non-hydrogen) atoms. The molecule has 0 bridgehead atoms. The highest BCUT2D eigenvalue weighted by molar-refractivity contribution is 5.79. The molecule has 6 nitrogen and oxygen atoms in total. The zero-order valence-corrected chi connectivity index (χ0v) is 11.4. The summed E-state index contributed by atoms with van der Waals surface area (Å²) in [5, 5.41) is 14.8. The molecule has 2 N–H and O–H groups in total. The summed E-state index contributed by atoms with van der Waals surface area (Å²) in [6, 6.07) is -0.0613. The number of rotatable bonds is 3. The van der Waals surface area contributed by atoms with Gasteiger partial charge in [0.2, 0.25) is 5.91 Å². The summed E-state index contributed by atoms with van der Waals surface area (Å²) in [6.07, 6.45) is 4.18. The number of hydrogen-bond donors (Lipinski definition) is 2. The van der Waals surface area contributed by atoms with Crippen molar-refractivity contribution in [3.05, 3.63) is 11.6 Å². The first-order chi connectivity index (χ1) is 9.25. The van der Waals surface area contributed by atoms with Gasteiger partial charge in [0.05, 0.1) is 12.0 Å². The van der Waals surface area contributed by atoms with Crippen LogP contribution in [0.3, 0.4) is 0 Å². The molecule has 2 atom stereocenters. The standard InChI is InChI=1S/C13H21N5O/c1-9(12-17-16-11-5-3-7-18(11)12)15-13(19)10-4-2-6-14-8-10/h9-10,14H,2-8H2,1H3,(H,15,19)/t9?,10-/m0/s1. The SMILES string of the molecule is CC(NC(=O)[C@H]1CCCNC1)c1nnc2n1CCC2. The van der Waals surface area contributed by atoms with Gasteiger partial charge in [-0.15, -0.1) is 10.2 Å². The van der Waals surface area contributed by atoms with E-state index in [4.69, 9.17) is 0 Å². The van der Waals surface area contributed by atoms with E-state index in [1.54, 1.807) is 0 Å². The molecular weight excluding hydrogens is 242 g/mol. The molecule has 0 aliphatic carbocycles. The quantitative estimate of drug-likeness (QED) is 0.828. The number of aromatic nitrogens is 3. The monoisotopic (exact) mass is 263 g/mol. The van der Waals surface area contributed by atoms with Crippen molar-refractivity contribution >= 4 is 5.91 Å². The lowest BCUT2D eigenvalue weighted by Crippen LogP contribution is -2.41. The number of piperidine rings is 1. The van der Waals surface area contributed by atoms with E-state index >= 15 is 0 Å². The number of fused-ring (bicyclic) bond motifs is 1. The van der Waals surface area contributed by atoms with Gasteiger partial charge in [0.15, 0.2) is 5.82 Å². The van der Waals surface area contributed by atoms with E-state index in [9.17, 15) is 4.79 Å². The van der Waals surface area contributed by atoms with Crippen molar-refractivity contribution in [3.8, 4) is 0 Å². The fraction of sp³-hybridized carbons (Fsp3) is 0.769. The summed E-state index contributed by atoms with van der Waals surface area (Å²) < 4.78 is 2.14. The zero-order chi connectivity index (χ0) is 13.2. The Hall–Kier alpha value is -1.43. The molecule has 2 aliphatic rings. The molecule has 0 saturated carbocycles. The lowest BCUT2D eigenvalue weighted by atomic mass is 9.98. The van der Waals surface area contributed by atoms with Crippen LogP contribution < -0.4 is 10.6 Å². The maximum absolute atomic E-state index is 12.2. The van der Waals surface area contributed by atoms with Crippen molar-refractivity contribution in [2.45, 2.75) is 45.2 Å². The van der Waals surface area contributed by atoms with Crippen molar-refractivity contribution in [2.24, 2.45) is 5.92 Å². The number of hydrogen-bond acceptors (Lipinski definition) is 4. The third kappa shape index (κ3) is 2.49. The first kappa shape index (κ1) is 12.6. The number of carbonyl (C=O) groups is 1. The second-order valence-electron chi connectivity index (χ2n) is 5.50. The average molecular weight is 263 g/mol. The summed E-state index contributed by atoms with van der Waals surface area (Å²) >= 11 is 0. The normalized spacial score (nSPS) is 23.9. The molecule has 2 aliphatic heterocycles. The summed E-state index contributed by atoms with van der Waals surface area (Å²) in [4.78, 5) is 12.2. The van der Waals surface area contributed by atoms with Crippen LogP contribution in [0.1, 0.15) is 43.9 Å². The number of amides is 1. The lowest BCUT2D eigenvalue weighted by molar-refractivity contribution is -0.126. The third-order valence-corrected chi connectivity index (χ3v) is 4.05. The fourth-order valence-electron chi connectivity index (χ4n) is 2.96. The van der Waals surface area contributed by atoms with Crippen LogP contribution in [0.4, 0.5) is 0 Å². The number of carbonyl (C=O) groups excluding carboxylic acids is 1. The van der Waals surface area contributed by atoms with Gasteiger partial charge in [-0.25, -0.2) is 0 Å². The second kappa shape index (κ2) is 5.28. The maximum Gasteiger partial charge on any atom is 0.224 e. The minimum Gasteiger partial charge on any atom is -0.346 e. The molecule has 1 unspecified atom stereocenters. The summed E-state index contributed by atoms with van der Waals surface area (Å²) in [5.74, 6) is 2.17. The summed E-state index contributed by atoms with van der Waals surface area (Å²) in [6.45, 7) is 4.78. The Kier molecular flexibility index (Phi) is 3.50. The van der Waals surface area contributed by atoms with Crippen LogP contribution >= 0.6 is 0 Å². The zero-order valence-electron chi connectivity index (χ0n) is 11.4. The van der Waals surface area contributed by atoms with E-state index < -0.39 is 0 Å². The van der Waals surface area contributed by atoms with Gasteiger partial charge in [0.1, 0.15) is 5.82 Å². The first-order valence-corrected chi connectivity index (χ1v) is 7.19. The van der Waals surface area contributed by atoms with Crippen LogP contribution in [-0.2, 0) is 17.8 Å². The van der Waals surface area contributed by atoms with Gasteiger partial charge < -0.3 is 15.2 Å². The number of nitrogens with zero attached hydrogens (tertiary/aromatic N) is 3. The molecule has 3 heterocycles. The average Bonchev–Trinajstić information content (AvgIpc) is 3.01. The van der Waals surface area contributed by atoms with Gasteiger partial charge in [-0.05, 0) is 32.7 Å². The van der Waals surface area contributed by atoms with Crippen molar-refractivity contribution < 1.29 is 4.79 Å². The topological polar surface area (TPSA) is 71.8 Å². The molecule has 6 heteroatoms. The molecule has 1 aromatic rings. The van der Waals surface area contributed by atoms with Crippen LogP contribution in [-0.4, -0.2) is 33.8 Å². The van der Waals surface area contributed by atoms with Crippen molar-refractivity contribution in [1.82, 2.24) is 25.4 Å². The van der Waals surface area contributed by atoms with Gasteiger partial charge in [-0.2, -0.15) is 0 Å². The Morgan fingerprint density at radius 2 is 2.37 bits per heavy atom. The van der Waals surface area contributed by atoms with E-state index in [0.29, 0.717) is 0 Å². The Morgan fingerprint density at radius 3 is 3.16 bits per heavy atom. The molecule has 1 saturated heterocycles. The molecule has 3 rings (SSSR count). The van der Waals surface area contributed by atoms with Gasteiger partial charge >= 0.3 is 0 Å². The van der Waals surface area contributed by atoms with Crippen molar-refractivity contribution in [1.29, 1.82) is 0 Å². The van der Waals surface area contributed by atoms with Gasteiger partial charge in [-0.3, -0.25) is 4.79 Å². The predicted molar refractivity (Wildman–Crippen MR) is 70.5 cm³/mol. The Balaban J connectivity index is 1.64.